The second-order valence-corrected chi connectivity index (χ2v) is 9.46. The van der Waals surface area contributed by atoms with Crippen molar-refractivity contribution in [3.63, 3.8) is 0 Å². The van der Waals surface area contributed by atoms with Crippen LogP contribution in [0.15, 0.2) is 11.0 Å². The lowest BCUT2D eigenvalue weighted by atomic mass is 10.0. The summed E-state index contributed by atoms with van der Waals surface area (Å²) in [5.41, 5.74) is 0. The molecular formula is C14H22ClNO3S2. The normalized spacial score (nSPS) is 13.4. The van der Waals surface area contributed by atoms with Crippen molar-refractivity contribution < 1.29 is 13.2 Å². The van der Waals surface area contributed by atoms with E-state index in [9.17, 15) is 13.2 Å². The van der Waals surface area contributed by atoms with Crippen LogP contribution in [-0.2, 0) is 9.05 Å². The Labute approximate surface area is 135 Å². The van der Waals surface area contributed by atoms with Crippen LogP contribution < -0.4 is 5.32 Å². The van der Waals surface area contributed by atoms with Gasteiger partial charge >= 0.3 is 0 Å². The predicted octanol–water partition coefficient (Wildman–Crippen LogP) is 3.93. The molecule has 4 nitrogen and oxygen atoms in total. The van der Waals surface area contributed by atoms with Crippen molar-refractivity contribution in [1.29, 1.82) is 0 Å². The fourth-order valence-electron chi connectivity index (χ4n) is 2.02. The summed E-state index contributed by atoms with van der Waals surface area (Å²) < 4.78 is 22.7. The smallest absolute Gasteiger partial charge is 0.262 e. The third kappa shape index (κ3) is 5.96. The molecule has 21 heavy (non-hydrogen) atoms. The third-order valence-electron chi connectivity index (χ3n) is 3.15. The average molecular weight is 352 g/mol. The van der Waals surface area contributed by atoms with Gasteiger partial charge in [0.25, 0.3) is 15.0 Å². The van der Waals surface area contributed by atoms with Crippen LogP contribution in [0, 0.1) is 12.8 Å². The Hall–Kier alpha value is -0.590. The molecule has 0 saturated heterocycles. The molecule has 0 fully saturated rings. The number of halogens is 1. The summed E-state index contributed by atoms with van der Waals surface area (Å²) in [6.07, 6.45) is 3.10. The molecule has 1 heterocycles. The number of nitrogens with one attached hydrogen (secondary N) is 1. The number of hydrogen-bond donors (Lipinski definition) is 1. The highest BCUT2D eigenvalue weighted by Crippen LogP contribution is 2.28. The Morgan fingerprint density at radius 3 is 2.43 bits per heavy atom. The monoisotopic (exact) mass is 351 g/mol. The molecule has 0 aliphatic heterocycles. The summed E-state index contributed by atoms with van der Waals surface area (Å²) in [5, 5.41) is 2.90. The number of amides is 1. The minimum Gasteiger partial charge on any atom is -0.349 e. The van der Waals surface area contributed by atoms with Crippen LogP contribution in [0.4, 0.5) is 0 Å². The van der Waals surface area contributed by atoms with E-state index in [0.29, 0.717) is 15.7 Å². The molecule has 0 saturated carbocycles. The molecule has 0 aliphatic rings. The molecule has 0 radical (unpaired) electrons. The van der Waals surface area contributed by atoms with E-state index in [0.717, 1.165) is 30.6 Å². The number of carbonyl (C=O) groups excluding carboxylic acids is 1. The summed E-state index contributed by atoms with van der Waals surface area (Å²) in [5.74, 6) is 0.413. The Kier molecular flexibility index (Phi) is 6.69. The van der Waals surface area contributed by atoms with Gasteiger partial charge in [-0.2, -0.15) is 0 Å². The molecule has 0 spiro atoms. The predicted molar refractivity (Wildman–Crippen MR) is 87.7 cm³/mol. The maximum atomic E-state index is 12.1. The summed E-state index contributed by atoms with van der Waals surface area (Å²) in [6, 6.07) is 1.41. The van der Waals surface area contributed by atoms with E-state index in [2.05, 4.69) is 19.2 Å². The standard InChI is InChI=1S/C14H22ClNO3S2/c1-9(2)6-5-7-10(3)16-14(17)12-8-13(11(4)20-12)21(15,18)19/h8-10H,5-7H2,1-4H3,(H,16,17). The first-order chi connectivity index (χ1) is 9.61. The van der Waals surface area contributed by atoms with E-state index in [1.54, 1.807) is 6.92 Å². The molecule has 1 aromatic heterocycles. The molecule has 7 heteroatoms. The molecule has 1 N–H and O–H groups in total. The first-order valence-corrected chi connectivity index (χ1v) is 10.1. The van der Waals surface area contributed by atoms with Crippen molar-refractivity contribution in [3.8, 4) is 0 Å². The SMILES string of the molecule is Cc1sc(C(=O)NC(C)CCCC(C)C)cc1S(=O)(=O)Cl. The summed E-state index contributed by atoms with van der Waals surface area (Å²) in [7, 11) is 1.54. The van der Waals surface area contributed by atoms with Gasteiger partial charge in [0, 0.05) is 21.6 Å². The average Bonchev–Trinajstić information content (AvgIpc) is 2.70. The quantitative estimate of drug-likeness (QED) is 0.757. The molecule has 1 rings (SSSR count). The lowest BCUT2D eigenvalue weighted by Gasteiger charge is -2.13. The van der Waals surface area contributed by atoms with Crippen LogP contribution in [-0.4, -0.2) is 20.4 Å². The van der Waals surface area contributed by atoms with E-state index in [-0.39, 0.29) is 16.8 Å². The number of thiophene rings is 1. The van der Waals surface area contributed by atoms with Gasteiger partial charge in [0.15, 0.2) is 0 Å². The first-order valence-electron chi connectivity index (χ1n) is 6.97. The second-order valence-electron chi connectivity index (χ2n) is 5.67. The van der Waals surface area contributed by atoms with Gasteiger partial charge in [-0.15, -0.1) is 11.3 Å². The lowest BCUT2D eigenvalue weighted by molar-refractivity contribution is 0.0941. The van der Waals surface area contributed by atoms with Gasteiger partial charge in [0.05, 0.1) is 9.77 Å². The van der Waals surface area contributed by atoms with Gasteiger partial charge in [-0.25, -0.2) is 8.42 Å². The topological polar surface area (TPSA) is 63.2 Å². The number of carbonyl (C=O) groups is 1. The second kappa shape index (κ2) is 7.61. The van der Waals surface area contributed by atoms with Crippen LogP contribution in [0.25, 0.3) is 0 Å². The van der Waals surface area contributed by atoms with Gasteiger partial charge in [0.2, 0.25) is 0 Å². The molecule has 0 bridgehead atoms. The van der Waals surface area contributed by atoms with E-state index in [4.69, 9.17) is 10.7 Å². The van der Waals surface area contributed by atoms with Gasteiger partial charge < -0.3 is 5.32 Å². The molecule has 1 amide bonds. The molecule has 0 aliphatic carbocycles. The minimum atomic E-state index is -3.80. The Morgan fingerprint density at radius 2 is 1.95 bits per heavy atom. The zero-order valence-corrected chi connectivity index (χ0v) is 15.2. The molecule has 1 aromatic rings. The number of hydrogen-bond acceptors (Lipinski definition) is 4. The Morgan fingerprint density at radius 1 is 1.33 bits per heavy atom. The zero-order chi connectivity index (χ0) is 16.2. The molecule has 1 unspecified atom stereocenters. The van der Waals surface area contributed by atoms with Gasteiger partial charge in [0.1, 0.15) is 0 Å². The molecule has 1 atom stereocenters. The van der Waals surface area contributed by atoms with Crippen molar-refractivity contribution in [1.82, 2.24) is 5.32 Å². The highest BCUT2D eigenvalue weighted by molar-refractivity contribution is 8.13. The van der Waals surface area contributed by atoms with Crippen molar-refractivity contribution in [2.75, 3.05) is 0 Å². The lowest BCUT2D eigenvalue weighted by Crippen LogP contribution is -2.32. The van der Waals surface area contributed by atoms with Crippen molar-refractivity contribution in [3.05, 3.63) is 15.8 Å². The molecule has 0 aromatic carbocycles. The van der Waals surface area contributed by atoms with E-state index in [1.807, 2.05) is 6.92 Å². The molecular weight excluding hydrogens is 330 g/mol. The van der Waals surface area contributed by atoms with Crippen molar-refractivity contribution >= 4 is 37.0 Å². The van der Waals surface area contributed by atoms with Crippen LogP contribution in [0.3, 0.4) is 0 Å². The van der Waals surface area contributed by atoms with E-state index in [1.165, 1.54) is 6.07 Å². The number of rotatable bonds is 7. The molecule has 120 valence electrons. The largest absolute Gasteiger partial charge is 0.349 e. The van der Waals surface area contributed by atoms with Crippen molar-refractivity contribution in [2.45, 2.75) is 57.9 Å². The van der Waals surface area contributed by atoms with Crippen LogP contribution in [0.1, 0.15) is 54.6 Å². The van der Waals surface area contributed by atoms with Crippen molar-refractivity contribution in [2.24, 2.45) is 5.92 Å². The maximum absolute atomic E-state index is 12.1. The third-order valence-corrected chi connectivity index (χ3v) is 5.78. The highest BCUT2D eigenvalue weighted by atomic mass is 35.7. The van der Waals surface area contributed by atoms with Crippen LogP contribution in [0.2, 0.25) is 0 Å². The maximum Gasteiger partial charge on any atom is 0.262 e. The zero-order valence-electron chi connectivity index (χ0n) is 12.8. The Balaban J connectivity index is 2.64. The number of aryl methyl sites for hydroxylation is 1. The van der Waals surface area contributed by atoms with Crippen LogP contribution >= 0.6 is 22.0 Å². The summed E-state index contributed by atoms with van der Waals surface area (Å²) in [6.45, 7) is 7.94. The van der Waals surface area contributed by atoms with Gasteiger partial charge in [-0.1, -0.05) is 26.7 Å². The van der Waals surface area contributed by atoms with E-state index < -0.39 is 9.05 Å². The van der Waals surface area contributed by atoms with Gasteiger partial charge in [-0.05, 0) is 32.3 Å². The van der Waals surface area contributed by atoms with E-state index >= 15 is 0 Å². The van der Waals surface area contributed by atoms with Crippen LogP contribution in [0.5, 0.6) is 0 Å². The first kappa shape index (κ1) is 18.5. The summed E-state index contributed by atoms with van der Waals surface area (Å²) >= 11 is 1.14. The fraction of sp³-hybridized carbons (Fsp3) is 0.643. The fourth-order valence-corrected chi connectivity index (χ4v) is 4.59. The highest BCUT2D eigenvalue weighted by Gasteiger charge is 2.21. The summed E-state index contributed by atoms with van der Waals surface area (Å²) in [4.78, 5) is 13.0. The minimum absolute atomic E-state index is 0.0202. The van der Waals surface area contributed by atoms with Gasteiger partial charge in [-0.3, -0.25) is 4.79 Å². The Bertz CT molecular complexity index is 593.